The first kappa shape index (κ1) is 20.3. The minimum atomic E-state index is -0.414. The van der Waals surface area contributed by atoms with E-state index in [1.807, 2.05) is 48.7 Å². The average molecular weight is 431 g/mol. The molecule has 2 N–H and O–H groups in total. The van der Waals surface area contributed by atoms with Gasteiger partial charge >= 0.3 is 6.03 Å². The van der Waals surface area contributed by atoms with Gasteiger partial charge in [0.25, 0.3) is 5.91 Å². The molecular weight excluding hydrogens is 404 g/mol. The predicted octanol–water partition coefficient (Wildman–Crippen LogP) is 3.00. The van der Waals surface area contributed by atoms with Crippen molar-refractivity contribution in [3.05, 3.63) is 71.4 Å². The molecule has 1 unspecified atom stereocenters. The van der Waals surface area contributed by atoms with Gasteiger partial charge in [0.05, 0.1) is 0 Å². The van der Waals surface area contributed by atoms with Gasteiger partial charge in [-0.3, -0.25) is 14.5 Å². The molecule has 3 aromatic rings. The van der Waals surface area contributed by atoms with E-state index < -0.39 is 6.04 Å². The fourth-order valence-electron chi connectivity index (χ4n) is 4.74. The van der Waals surface area contributed by atoms with Crippen molar-refractivity contribution < 1.29 is 14.4 Å². The number of nitrogens with one attached hydrogen (secondary N) is 2. The predicted molar refractivity (Wildman–Crippen MR) is 121 cm³/mol. The minimum Gasteiger partial charge on any atom is -0.361 e. The summed E-state index contributed by atoms with van der Waals surface area (Å²) in [5.41, 5.74) is 4.49. The SMILES string of the molecule is O=C(CCCN1C(=O)C2Cc3ccccc3CN2C1=O)NCCc1c[nH]c2ccccc12. The Balaban J connectivity index is 1.09. The van der Waals surface area contributed by atoms with Crippen LogP contribution in [0.15, 0.2) is 54.7 Å². The summed E-state index contributed by atoms with van der Waals surface area (Å²) in [7, 11) is 0. The van der Waals surface area contributed by atoms with Crippen molar-refractivity contribution in [1.82, 2.24) is 20.1 Å². The lowest BCUT2D eigenvalue weighted by molar-refractivity contribution is -0.129. The Labute approximate surface area is 186 Å². The zero-order valence-corrected chi connectivity index (χ0v) is 17.8. The molecular formula is C25H26N4O3. The number of H-pyrrole nitrogens is 1. The summed E-state index contributed by atoms with van der Waals surface area (Å²) in [6, 6.07) is 15.4. The summed E-state index contributed by atoms with van der Waals surface area (Å²) in [5.74, 6) is -0.210. The van der Waals surface area contributed by atoms with Gasteiger partial charge < -0.3 is 15.2 Å². The van der Waals surface area contributed by atoms with Gasteiger partial charge in [0.1, 0.15) is 6.04 Å². The summed E-state index contributed by atoms with van der Waals surface area (Å²) in [6.07, 6.45) is 4.04. The number of amides is 4. The fraction of sp³-hybridized carbons (Fsp3) is 0.320. The Morgan fingerprint density at radius 1 is 1.06 bits per heavy atom. The molecule has 164 valence electrons. The van der Waals surface area contributed by atoms with Crippen LogP contribution in [0.5, 0.6) is 0 Å². The molecule has 2 aromatic carbocycles. The van der Waals surface area contributed by atoms with Crippen molar-refractivity contribution in [1.29, 1.82) is 0 Å². The molecule has 32 heavy (non-hydrogen) atoms. The van der Waals surface area contributed by atoms with Gasteiger partial charge in [-0.05, 0) is 35.6 Å². The number of aromatic amines is 1. The van der Waals surface area contributed by atoms with E-state index in [2.05, 4.69) is 16.4 Å². The molecule has 1 fully saturated rings. The van der Waals surface area contributed by atoms with Crippen molar-refractivity contribution in [3.8, 4) is 0 Å². The summed E-state index contributed by atoms with van der Waals surface area (Å²) in [5, 5.41) is 4.12. The van der Waals surface area contributed by atoms with Crippen LogP contribution in [0.4, 0.5) is 4.79 Å². The van der Waals surface area contributed by atoms with Gasteiger partial charge in [0, 0.05) is 49.6 Å². The van der Waals surface area contributed by atoms with Crippen molar-refractivity contribution in [2.45, 2.75) is 38.3 Å². The molecule has 0 spiro atoms. The standard InChI is InChI=1S/C25H26N4O3/c30-23(26-12-11-18-15-27-21-9-4-3-8-20(18)21)10-5-13-28-24(31)22-14-17-6-1-2-7-19(17)16-29(22)25(28)32/h1-4,6-9,15,22,27H,5,10-14,16H2,(H,26,30). The maximum atomic E-state index is 12.8. The lowest BCUT2D eigenvalue weighted by Crippen LogP contribution is -2.39. The fourth-order valence-corrected chi connectivity index (χ4v) is 4.74. The molecule has 3 heterocycles. The normalized spacial score (nSPS) is 17.6. The second kappa shape index (κ2) is 8.49. The molecule has 4 amide bonds. The first-order valence-corrected chi connectivity index (χ1v) is 11.1. The number of carbonyl (C=O) groups is 3. The zero-order valence-electron chi connectivity index (χ0n) is 17.8. The van der Waals surface area contributed by atoms with Crippen LogP contribution in [0.1, 0.15) is 29.5 Å². The number of para-hydroxylation sites is 1. The third-order valence-corrected chi connectivity index (χ3v) is 6.45. The first-order chi connectivity index (χ1) is 15.6. The molecule has 1 aromatic heterocycles. The van der Waals surface area contributed by atoms with Gasteiger partial charge in [-0.15, -0.1) is 0 Å². The molecule has 0 radical (unpaired) electrons. The molecule has 7 heteroatoms. The molecule has 0 aliphatic carbocycles. The van der Waals surface area contributed by atoms with Gasteiger partial charge in [-0.2, -0.15) is 0 Å². The summed E-state index contributed by atoms with van der Waals surface area (Å²) in [4.78, 5) is 44.0. The number of imide groups is 1. The molecule has 5 rings (SSSR count). The van der Waals surface area contributed by atoms with Crippen LogP contribution in [0.3, 0.4) is 0 Å². The van der Waals surface area contributed by atoms with Crippen LogP contribution in [-0.4, -0.2) is 51.8 Å². The number of hydrogen-bond donors (Lipinski definition) is 2. The van der Waals surface area contributed by atoms with E-state index in [0.29, 0.717) is 25.9 Å². The van der Waals surface area contributed by atoms with Gasteiger partial charge in [-0.1, -0.05) is 42.5 Å². The number of hydrogen-bond acceptors (Lipinski definition) is 3. The Morgan fingerprint density at radius 2 is 1.84 bits per heavy atom. The number of carbonyl (C=O) groups excluding carboxylic acids is 3. The first-order valence-electron chi connectivity index (χ1n) is 11.1. The Morgan fingerprint density at radius 3 is 2.72 bits per heavy atom. The van der Waals surface area contributed by atoms with Gasteiger partial charge in [0.2, 0.25) is 5.91 Å². The highest BCUT2D eigenvalue weighted by Crippen LogP contribution is 2.30. The number of urea groups is 1. The second-order valence-corrected chi connectivity index (χ2v) is 8.45. The maximum Gasteiger partial charge on any atom is 0.327 e. The third-order valence-electron chi connectivity index (χ3n) is 6.45. The molecule has 7 nitrogen and oxygen atoms in total. The zero-order chi connectivity index (χ0) is 22.1. The molecule has 1 atom stereocenters. The van der Waals surface area contributed by atoms with E-state index >= 15 is 0 Å². The summed E-state index contributed by atoms with van der Waals surface area (Å²) >= 11 is 0. The van der Waals surface area contributed by atoms with Crippen LogP contribution in [-0.2, 0) is 29.0 Å². The quantitative estimate of drug-likeness (QED) is 0.565. The lowest BCUT2D eigenvalue weighted by Gasteiger charge is -2.28. The highest BCUT2D eigenvalue weighted by atomic mass is 16.2. The van der Waals surface area contributed by atoms with Crippen molar-refractivity contribution in [2.24, 2.45) is 0 Å². The Bertz CT molecular complexity index is 1140. The summed E-state index contributed by atoms with van der Waals surface area (Å²) < 4.78 is 0. The van der Waals surface area contributed by atoms with Crippen LogP contribution in [0.25, 0.3) is 10.9 Å². The second-order valence-electron chi connectivity index (χ2n) is 8.45. The monoisotopic (exact) mass is 430 g/mol. The molecule has 2 aliphatic heterocycles. The largest absolute Gasteiger partial charge is 0.361 e. The smallest absolute Gasteiger partial charge is 0.327 e. The average Bonchev–Trinajstić information content (AvgIpc) is 3.32. The van der Waals surface area contributed by atoms with Crippen molar-refractivity contribution in [2.75, 3.05) is 13.1 Å². The van der Waals surface area contributed by atoms with Crippen LogP contribution in [0.2, 0.25) is 0 Å². The van der Waals surface area contributed by atoms with Gasteiger partial charge in [0.15, 0.2) is 0 Å². The highest BCUT2D eigenvalue weighted by Gasteiger charge is 2.46. The number of benzene rings is 2. The van der Waals surface area contributed by atoms with E-state index in [1.165, 1.54) is 15.8 Å². The van der Waals surface area contributed by atoms with Crippen LogP contribution < -0.4 is 5.32 Å². The van der Waals surface area contributed by atoms with Gasteiger partial charge in [-0.25, -0.2) is 4.79 Å². The number of aromatic nitrogens is 1. The van der Waals surface area contributed by atoms with E-state index in [0.717, 1.165) is 23.1 Å². The van der Waals surface area contributed by atoms with Crippen LogP contribution >= 0.6 is 0 Å². The molecule has 1 saturated heterocycles. The van der Waals surface area contributed by atoms with E-state index in [9.17, 15) is 14.4 Å². The highest BCUT2D eigenvalue weighted by molar-refractivity contribution is 6.04. The number of nitrogens with zero attached hydrogens (tertiary/aromatic N) is 2. The molecule has 0 saturated carbocycles. The Kier molecular flexibility index (Phi) is 5.39. The Hall–Kier alpha value is -3.61. The lowest BCUT2D eigenvalue weighted by atomic mass is 9.95. The minimum absolute atomic E-state index is 0.0611. The third kappa shape index (κ3) is 3.75. The molecule has 2 aliphatic rings. The van der Waals surface area contributed by atoms with Crippen molar-refractivity contribution in [3.63, 3.8) is 0 Å². The van der Waals surface area contributed by atoms with Crippen LogP contribution in [0, 0.1) is 0 Å². The van der Waals surface area contributed by atoms with E-state index in [-0.39, 0.29) is 30.8 Å². The van der Waals surface area contributed by atoms with E-state index in [4.69, 9.17) is 0 Å². The topological polar surface area (TPSA) is 85.5 Å². The number of fused-ring (bicyclic) bond motifs is 3. The van der Waals surface area contributed by atoms with Crippen molar-refractivity contribution >= 4 is 28.7 Å². The molecule has 0 bridgehead atoms. The van der Waals surface area contributed by atoms with E-state index in [1.54, 1.807) is 4.90 Å². The number of rotatable bonds is 7. The summed E-state index contributed by atoms with van der Waals surface area (Å²) in [6.45, 7) is 1.30. The maximum absolute atomic E-state index is 12.8.